The van der Waals surface area contributed by atoms with Crippen LogP contribution in [-0.4, -0.2) is 27.4 Å². The summed E-state index contributed by atoms with van der Waals surface area (Å²) in [5.74, 6) is -1.19. The molecule has 25 heavy (non-hydrogen) atoms. The van der Waals surface area contributed by atoms with Gasteiger partial charge in [-0.2, -0.15) is 0 Å². The first kappa shape index (κ1) is 19.1. The van der Waals surface area contributed by atoms with Gasteiger partial charge in [-0.25, -0.2) is 13.2 Å². The molecule has 0 aliphatic carbocycles. The molecule has 2 rings (SSSR count). The SMILES string of the molecule is CCc1sc(C(=O)NNS(=O)(=O)c2cccc(C(=O)OC)c2)cc1C. The molecular formula is C16H18N2O5S2. The Morgan fingerprint density at radius 3 is 2.56 bits per heavy atom. The summed E-state index contributed by atoms with van der Waals surface area (Å²) in [6.45, 7) is 3.88. The van der Waals surface area contributed by atoms with Crippen molar-refractivity contribution in [3.63, 3.8) is 0 Å². The summed E-state index contributed by atoms with van der Waals surface area (Å²) >= 11 is 1.32. The number of hydrogen-bond donors (Lipinski definition) is 2. The van der Waals surface area contributed by atoms with E-state index in [1.165, 1.54) is 42.7 Å². The quantitative estimate of drug-likeness (QED) is 0.588. The van der Waals surface area contributed by atoms with Crippen molar-refractivity contribution >= 4 is 33.2 Å². The molecule has 0 unspecified atom stereocenters. The van der Waals surface area contributed by atoms with Crippen LogP contribution >= 0.6 is 11.3 Å². The maximum Gasteiger partial charge on any atom is 0.337 e. The first-order valence-electron chi connectivity index (χ1n) is 7.38. The second kappa shape index (κ2) is 7.77. The van der Waals surface area contributed by atoms with Gasteiger partial charge in [0.2, 0.25) is 0 Å². The van der Waals surface area contributed by atoms with Gasteiger partial charge in [-0.3, -0.25) is 10.2 Å². The third kappa shape index (κ3) is 4.44. The van der Waals surface area contributed by atoms with E-state index in [2.05, 4.69) is 10.2 Å². The van der Waals surface area contributed by atoms with Crippen molar-refractivity contribution in [2.75, 3.05) is 7.11 Å². The molecule has 7 nitrogen and oxygen atoms in total. The Morgan fingerprint density at radius 1 is 1.24 bits per heavy atom. The number of benzene rings is 1. The molecular weight excluding hydrogens is 364 g/mol. The van der Waals surface area contributed by atoms with E-state index in [1.807, 2.05) is 18.7 Å². The highest BCUT2D eigenvalue weighted by molar-refractivity contribution is 7.89. The molecule has 0 bridgehead atoms. The zero-order valence-electron chi connectivity index (χ0n) is 14.0. The minimum absolute atomic E-state index is 0.0955. The summed E-state index contributed by atoms with van der Waals surface area (Å²) in [6, 6.07) is 7.05. The molecule has 0 radical (unpaired) electrons. The van der Waals surface area contributed by atoms with E-state index in [0.29, 0.717) is 4.88 Å². The minimum Gasteiger partial charge on any atom is -0.465 e. The van der Waals surface area contributed by atoms with Crippen LogP contribution in [0, 0.1) is 6.92 Å². The second-order valence-corrected chi connectivity index (χ2v) is 7.97. The molecule has 2 N–H and O–H groups in total. The van der Waals surface area contributed by atoms with Crippen LogP contribution in [0.3, 0.4) is 0 Å². The van der Waals surface area contributed by atoms with E-state index in [4.69, 9.17) is 0 Å². The first-order chi connectivity index (χ1) is 11.8. The monoisotopic (exact) mass is 382 g/mol. The van der Waals surface area contributed by atoms with Crippen LogP contribution in [0.2, 0.25) is 0 Å². The van der Waals surface area contributed by atoms with Gasteiger partial charge >= 0.3 is 5.97 Å². The Morgan fingerprint density at radius 2 is 1.96 bits per heavy atom. The molecule has 1 heterocycles. The fourth-order valence-electron chi connectivity index (χ4n) is 2.12. The van der Waals surface area contributed by atoms with E-state index < -0.39 is 21.9 Å². The first-order valence-corrected chi connectivity index (χ1v) is 9.68. The lowest BCUT2D eigenvalue weighted by molar-refractivity contribution is 0.0600. The maximum atomic E-state index is 12.3. The molecule has 1 aromatic carbocycles. The number of ether oxygens (including phenoxy) is 1. The van der Waals surface area contributed by atoms with Crippen LogP contribution in [0.15, 0.2) is 35.2 Å². The van der Waals surface area contributed by atoms with E-state index >= 15 is 0 Å². The third-order valence-electron chi connectivity index (χ3n) is 3.43. The highest BCUT2D eigenvalue weighted by Crippen LogP contribution is 2.22. The van der Waals surface area contributed by atoms with E-state index in [9.17, 15) is 18.0 Å². The van der Waals surface area contributed by atoms with Crippen LogP contribution in [0.1, 0.15) is 37.4 Å². The van der Waals surface area contributed by atoms with Gasteiger partial charge in [-0.1, -0.05) is 13.0 Å². The summed E-state index contributed by atoms with van der Waals surface area (Å²) < 4.78 is 29.1. The number of nitrogens with one attached hydrogen (secondary N) is 2. The van der Waals surface area contributed by atoms with Crippen molar-refractivity contribution in [1.82, 2.24) is 10.3 Å². The van der Waals surface area contributed by atoms with Gasteiger partial charge in [0, 0.05) is 4.88 Å². The Kier molecular flexibility index (Phi) is 5.93. The summed E-state index contributed by atoms with van der Waals surface area (Å²) in [7, 11) is -2.82. The Balaban J connectivity index is 2.13. The number of esters is 1. The number of aryl methyl sites for hydroxylation is 2. The maximum absolute atomic E-state index is 12.3. The van der Waals surface area contributed by atoms with Crippen LogP contribution in [-0.2, 0) is 21.2 Å². The molecule has 9 heteroatoms. The summed E-state index contributed by atoms with van der Waals surface area (Å²) in [5, 5.41) is 0. The fourth-order valence-corrected chi connectivity index (χ4v) is 4.02. The zero-order valence-corrected chi connectivity index (χ0v) is 15.6. The van der Waals surface area contributed by atoms with Crippen molar-refractivity contribution in [1.29, 1.82) is 0 Å². The van der Waals surface area contributed by atoms with Gasteiger partial charge in [-0.15, -0.1) is 16.2 Å². The van der Waals surface area contributed by atoms with Crippen LogP contribution in [0.25, 0.3) is 0 Å². The molecule has 1 aromatic heterocycles. The highest BCUT2D eigenvalue weighted by Gasteiger charge is 2.19. The number of carbonyl (C=O) groups is 2. The number of methoxy groups -OCH3 is 1. The van der Waals surface area contributed by atoms with E-state index in [-0.39, 0.29) is 10.5 Å². The van der Waals surface area contributed by atoms with Crippen LogP contribution in [0.4, 0.5) is 0 Å². The third-order valence-corrected chi connectivity index (χ3v) is 6.06. The summed E-state index contributed by atoms with van der Waals surface area (Å²) in [5.41, 5.74) is 3.27. The van der Waals surface area contributed by atoms with Gasteiger partial charge in [0.25, 0.3) is 15.9 Å². The van der Waals surface area contributed by atoms with Gasteiger partial charge in [0.15, 0.2) is 0 Å². The van der Waals surface area contributed by atoms with Crippen molar-refractivity contribution in [2.45, 2.75) is 25.2 Å². The van der Waals surface area contributed by atoms with Crippen molar-refractivity contribution in [2.24, 2.45) is 0 Å². The molecule has 1 amide bonds. The van der Waals surface area contributed by atoms with Crippen molar-refractivity contribution in [3.8, 4) is 0 Å². The predicted octanol–water partition coefficient (Wildman–Crippen LogP) is 2.03. The molecule has 2 aromatic rings. The molecule has 0 aliphatic heterocycles. The minimum atomic E-state index is -4.02. The lowest BCUT2D eigenvalue weighted by Crippen LogP contribution is -2.41. The zero-order chi connectivity index (χ0) is 18.6. The van der Waals surface area contributed by atoms with E-state index in [0.717, 1.165) is 16.9 Å². The normalized spacial score (nSPS) is 11.2. The molecule has 0 saturated heterocycles. The fraction of sp³-hybridized carbons (Fsp3) is 0.250. The lowest BCUT2D eigenvalue weighted by atomic mass is 10.2. The Bertz CT molecular complexity index is 903. The molecule has 0 atom stereocenters. The van der Waals surface area contributed by atoms with Crippen LogP contribution < -0.4 is 10.3 Å². The number of rotatable bonds is 6. The number of amides is 1. The molecule has 0 fully saturated rings. The second-order valence-electron chi connectivity index (χ2n) is 5.15. The lowest BCUT2D eigenvalue weighted by Gasteiger charge is -2.08. The Hall–Kier alpha value is -2.23. The average molecular weight is 382 g/mol. The summed E-state index contributed by atoms with van der Waals surface area (Å²) in [6.07, 6.45) is 0.801. The molecule has 0 aliphatic rings. The number of hydrogen-bond acceptors (Lipinski definition) is 6. The Labute approximate surface area is 150 Å². The predicted molar refractivity (Wildman–Crippen MR) is 94.0 cm³/mol. The van der Waals surface area contributed by atoms with E-state index in [1.54, 1.807) is 6.07 Å². The molecule has 134 valence electrons. The summed E-state index contributed by atoms with van der Waals surface area (Å²) in [4.78, 5) is 27.0. The standard InChI is InChI=1S/C16H18N2O5S2/c1-4-13-10(2)8-14(24-13)15(19)17-18-25(21,22)12-7-5-6-11(9-12)16(20)23-3/h5-9,18H,4H2,1-3H3,(H,17,19). The number of hydrazine groups is 1. The van der Waals surface area contributed by atoms with Gasteiger partial charge in [0.05, 0.1) is 22.4 Å². The van der Waals surface area contributed by atoms with Crippen LogP contribution in [0.5, 0.6) is 0 Å². The number of sulfonamides is 1. The number of thiophene rings is 1. The highest BCUT2D eigenvalue weighted by atomic mass is 32.2. The molecule has 0 saturated carbocycles. The average Bonchev–Trinajstić information content (AvgIpc) is 3.00. The van der Waals surface area contributed by atoms with Gasteiger partial charge in [-0.05, 0) is 43.2 Å². The van der Waals surface area contributed by atoms with Crippen molar-refractivity contribution < 1.29 is 22.7 Å². The topological polar surface area (TPSA) is 102 Å². The smallest absolute Gasteiger partial charge is 0.337 e. The largest absolute Gasteiger partial charge is 0.465 e. The van der Waals surface area contributed by atoms with Gasteiger partial charge < -0.3 is 4.74 Å². The number of carbonyl (C=O) groups excluding carboxylic acids is 2. The van der Waals surface area contributed by atoms with Crippen molar-refractivity contribution in [3.05, 3.63) is 51.2 Å². The molecule has 0 spiro atoms. The van der Waals surface area contributed by atoms with Gasteiger partial charge in [0.1, 0.15) is 0 Å².